The van der Waals surface area contributed by atoms with Crippen molar-refractivity contribution < 1.29 is 9.53 Å². The molecule has 0 saturated carbocycles. The van der Waals surface area contributed by atoms with Crippen LogP contribution in [0.3, 0.4) is 0 Å². The van der Waals surface area contributed by atoms with Crippen molar-refractivity contribution in [2.45, 2.75) is 52.2 Å². The van der Waals surface area contributed by atoms with Crippen LogP contribution in [0.25, 0.3) is 0 Å². The van der Waals surface area contributed by atoms with Crippen LogP contribution in [-0.4, -0.2) is 49.2 Å². The molecule has 2 saturated heterocycles. The van der Waals surface area contributed by atoms with Crippen LogP contribution >= 0.6 is 0 Å². The molecule has 0 aliphatic carbocycles. The Morgan fingerprint density at radius 1 is 1.47 bits per heavy atom. The van der Waals surface area contributed by atoms with E-state index in [0.29, 0.717) is 30.8 Å². The van der Waals surface area contributed by atoms with Gasteiger partial charge in [-0.05, 0) is 51.6 Å². The number of nitrogens with zero attached hydrogens (tertiary/aromatic N) is 1. The van der Waals surface area contributed by atoms with Crippen LogP contribution in [0.2, 0.25) is 0 Å². The van der Waals surface area contributed by atoms with Gasteiger partial charge in [0.1, 0.15) is 0 Å². The second-order valence-electron chi connectivity index (χ2n) is 6.33. The second kappa shape index (κ2) is 6.71. The molecule has 0 aromatic heterocycles. The van der Waals surface area contributed by atoms with E-state index >= 15 is 0 Å². The van der Waals surface area contributed by atoms with Gasteiger partial charge in [0.05, 0.1) is 18.8 Å². The summed E-state index contributed by atoms with van der Waals surface area (Å²) in [6.45, 7) is 9.97. The monoisotopic (exact) mass is 268 g/mol. The molecule has 2 fully saturated rings. The molecule has 4 heteroatoms. The molecule has 0 radical (unpaired) electrons. The Bertz CT molecular complexity index is 303. The van der Waals surface area contributed by atoms with Gasteiger partial charge in [-0.2, -0.15) is 0 Å². The van der Waals surface area contributed by atoms with Crippen LogP contribution in [0, 0.1) is 11.8 Å². The summed E-state index contributed by atoms with van der Waals surface area (Å²) in [5.41, 5.74) is 0. The molecule has 4 atom stereocenters. The molecule has 2 aliphatic rings. The number of morpholine rings is 1. The molecule has 1 N–H and O–H groups in total. The number of piperidine rings is 1. The third-order valence-electron chi connectivity index (χ3n) is 4.56. The summed E-state index contributed by atoms with van der Waals surface area (Å²) in [7, 11) is 0. The fourth-order valence-electron chi connectivity index (χ4n) is 3.17. The number of rotatable bonds is 3. The second-order valence-corrected chi connectivity index (χ2v) is 6.33. The quantitative estimate of drug-likeness (QED) is 0.846. The zero-order valence-electron chi connectivity index (χ0n) is 12.5. The van der Waals surface area contributed by atoms with Gasteiger partial charge in [-0.3, -0.25) is 4.79 Å². The predicted octanol–water partition coefficient (Wildman–Crippen LogP) is 1.65. The van der Waals surface area contributed by atoms with Crippen LogP contribution in [0.15, 0.2) is 0 Å². The number of carbonyl (C=O) groups excluding carboxylic acids is 1. The predicted molar refractivity (Wildman–Crippen MR) is 76.0 cm³/mol. The van der Waals surface area contributed by atoms with Crippen molar-refractivity contribution in [1.82, 2.24) is 10.2 Å². The highest BCUT2D eigenvalue weighted by molar-refractivity contribution is 5.77. The van der Waals surface area contributed by atoms with Gasteiger partial charge in [-0.15, -0.1) is 0 Å². The maximum absolute atomic E-state index is 12.5. The van der Waals surface area contributed by atoms with Gasteiger partial charge in [-0.1, -0.05) is 6.92 Å². The van der Waals surface area contributed by atoms with Crippen LogP contribution in [0.4, 0.5) is 0 Å². The smallest absolute Gasteiger partial charge is 0.223 e. The van der Waals surface area contributed by atoms with Gasteiger partial charge < -0.3 is 15.0 Å². The Hall–Kier alpha value is -0.610. The summed E-state index contributed by atoms with van der Waals surface area (Å²) < 4.78 is 5.59. The van der Waals surface area contributed by atoms with Crippen LogP contribution in [0.1, 0.15) is 40.0 Å². The molecular weight excluding hydrogens is 240 g/mol. The first kappa shape index (κ1) is 14.8. The van der Waals surface area contributed by atoms with Gasteiger partial charge in [0, 0.05) is 13.0 Å². The lowest BCUT2D eigenvalue weighted by Crippen LogP contribution is -2.50. The first-order valence-corrected chi connectivity index (χ1v) is 7.69. The number of hydrogen-bond donors (Lipinski definition) is 1. The van der Waals surface area contributed by atoms with E-state index < -0.39 is 0 Å². The summed E-state index contributed by atoms with van der Waals surface area (Å²) >= 11 is 0. The third-order valence-corrected chi connectivity index (χ3v) is 4.56. The molecule has 2 heterocycles. The summed E-state index contributed by atoms with van der Waals surface area (Å²) in [5, 5.41) is 3.44. The Kier molecular flexibility index (Phi) is 5.22. The molecule has 110 valence electrons. The van der Waals surface area contributed by atoms with Crippen LogP contribution < -0.4 is 5.32 Å². The van der Waals surface area contributed by atoms with Gasteiger partial charge in [0.15, 0.2) is 0 Å². The SMILES string of the molecule is CC1CN(C(=O)CC(C)C2CCCNC2)C(C)CO1. The first-order valence-electron chi connectivity index (χ1n) is 7.69. The van der Waals surface area contributed by atoms with E-state index in [1.165, 1.54) is 12.8 Å². The molecule has 0 bridgehead atoms. The van der Waals surface area contributed by atoms with E-state index in [-0.39, 0.29) is 12.1 Å². The Morgan fingerprint density at radius 2 is 2.26 bits per heavy atom. The van der Waals surface area contributed by atoms with Crippen molar-refractivity contribution in [3.05, 3.63) is 0 Å². The number of ether oxygens (including phenoxy) is 1. The molecule has 2 rings (SSSR count). The van der Waals surface area contributed by atoms with E-state index in [4.69, 9.17) is 4.74 Å². The lowest BCUT2D eigenvalue weighted by atomic mass is 9.85. The van der Waals surface area contributed by atoms with Crippen molar-refractivity contribution in [3.8, 4) is 0 Å². The molecular formula is C15H28N2O2. The van der Waals surface area contributed by atoms with E-state index in [9.17, 15) is 4.79 Å². The molecule has 2 aliphatic heterocycles. The molecule has 1 amide bonds. The summed E-state index contributed by atoms with van der Waals surface area (Å²) in [6, 6.07) is 0.223. The number of amides is 1. The van der Waals surface area contributed by atoms with E-state index in [2.05, 4.69) is 19.2 Å². The van der Waals surface area contributed by atoms with E-state index in [1.54, 1.807) is 0 Å². The fraction of sp³-hybridized carbons (Fsp3) is 0.933. The third kappa shape index (κ3) is 3.93. The maximum atomic E-state index is 12.5. The van der Waals surface area contributed by atoms with E-state index in [0.717, 1.165) is 19.6 Å². The van der Waals surface area contributed by atoms with E-state index in [1.807, 2.05) is 11.8 Å². The normalized spacial score (nSPS) is 34.1. The van der Waals surface area contributed by atoms with Gasteiger partial charge >= 0.3 is 0 Å². The standard InChI is InChI=1S/C15H28N2O2/c1-11(14-5-4-6-16-8-14)7-15(18)17-9-13(3)19-10-12(17)2/h11-14,16H,4-10H2,1-3H3. The lowest BCUT2D eigenvalue weighted by molar-refractivity contribution is -0.144. The Labute approximate surface area is 116 Å². The van der Waals surface area contributed by atoms with Crippen molar-refractivity contribution in [2.24, 2.45) is 11.8 Å². The lowest BCUT2D eigenvalue weighted by Gasteiger charge is -2.38. The molecule has 4 nitrogen and oxygen atoms in total. The highest BCUT2D eigenvalue weighted by Crippen LogP contribution is 2.24. The largest absolute Gasteiger partial charge is 0.375 e. The summed E-state index contributed by atoms with van der Waals surface area (Å²) in [5.74, 6) is 1.44. The summed E-state index contributed by atoms with van der Waals surface area (Å²) in [4.78, 5) is 14.5. The molecule has 4 unspecified atom stereocenters. The van der Waals surface area contributed by atoms with Gasteiger partial charge in [-0.25, -0.2) is 0 Å². The zero-order chi connectivity index (χ0) is 13.8. The van der Waals surface area contributed by atoms with Crippen LogP contribution in [0.5, 0.6) is 0 Å². The molecule has 0 spiro atoms. The molecule has 0 aromatic rings. The Morgan fingerprint density at radius 3 is 2.95 bits per heavy atom. The van der Waals surface area contributed by atoms with Crippen LogP contribution in [-0.2, 0) is 9.53 Å². The average Bonchev–Trinajstić information content (AvgIpc) is 2.42. The number of carbonyl (C=O) groups is 1. The number of nitrogens with one attached hydrogen (secondary N) is 1. The maximum Gasteiger partial charge on any atom is 0.223 e. The minimum atomic E-state index is 0.173. The van der Waals surface area contributed by atoms with Gasteiger partial charge in [0.25, 0.3) is 0 Å². The van der Waals surface area contributed by atoms with Gasteiger partial charge in [0.2, 0.25) is 5.91 Å². The zero-order valence-corrected chi connectivity index (χ0v) is 12.5. The first-order chi connectivity index (χ1) is 9.08. The van der Waals surface area contributed by atoms with Crippen molar-refractivity contribution >= 4 is 5.91 Å². The van der Waals surface area contributed by atoms with Crippen molar-refractivity contribution in [3.63, 3.8) is 0 Å². The summed E-state index contributed by atoms with van der Waals surface area (Å²) in [6.07, 6.45) is 3.36. The fourth-order valence-corrected chi connectivity index (χ4v) is 3.17. The minimum absolute atomic E-state index is 0.173. The highest BCUT2D eigenvalue weighted by atomic mass is 16.5. The minimum Gasteiger partial charge on any atom is -0.375 e. The van der Waals surface area contributed by atoms with Crippen molar-refractivity contribution in [1.29, 1.82) is 0 Å². The average molecular weight is 268 g/mol. The topological polar surface area (TPSA) is 41.6 Å². The highest BCUT2D eigenvalue weighted by Gasteiger charge is 2.30. The Balaban J connectivity index is 1.85. The van der Waals surface area contributed by atoms with Crippen molar-refractivity contribution in [2.75, 3.05) is 26.2 Å². The number of hydrogen-bond acceptors (Lipinski definition) is 3. The molecule has 19 heavy (non-hydrogen) atoms. The molecule has 0 aromatic carbocycles.